The van der Waals surface area contributed by atoms with E-state index in [1.54, 1.807) is 0 Å². The number of nitrogens with zero attached hydrogens (tertiary/aromatic N) is 3. The van der Waals surface area contributed by atoms with E-state index in [0.29, 0.717) is 45.7 Å². The van der Waals surface area contributed by atoms with E-state index in [1.165, 1.54) is 25.7 Å². The maximum atomic E-state index is 12.8. The van der Waals surface area contributed by atoms with Gasteiger partial charge in [0.15, 0.2) is 0 Å². The Morgan fingerprint density at radius 2 is 1.24 bits per heavy atom. The molecule has 0 fully saturated rings. The first-order valence-corrected chi connectivity index (χ1v) is 16.5. The molecule has 9 heteroatoms. The summed E-state index contributed by atoms with van der Waals surface area (Å²) in [6, 6.07) is 0. The minimum Gasteiger partial charge on any atom is -0.481 e. The number of aliphatic carboxylic acids is 1. The van der Waals surface area contributed by atoms with Crippen LogP contribution in [-0.2, 0) is 19.1 Å². The number of carbonyl (C=O) groups excluding carboxylic acids is 2. The number of unbranched alkanes of at least 4 members (excludes halogenated alkanes) is 12. The van der Waals surface area contributed by atoms with Crippen LogP contribution in [0.15, 0.2) is 12.2 Å². The van der Waals surface area contributed by atoms with Crippen molar-refractivity contribution >= 4 is 18.0 Å². The Balaban J connectivity index is 4.20. The van der Waals surface area contributed by atoms with E-state index in [1.807, 2.05) is 32.1 Å². The number of allylic oxidation sites excluding steroid dienone is 1. The average molecular weight is 598 g/mol. The molecule has 246 valence electrons. The summed E-state index contributed by atoms with van der Waals surface area (Å²) < 4.78 is 10.9. The summed E-state index contributed by atoms with van der Waals surface area (Å²) in [6.45, 7) is 6.86. The highest BCUT2D eigenvalue weighted by atomic mass is 16.6. The van der Waals surface area contributed by atoms with Gasteiger partial charge in [0.25, 0.3) is 0 Å². The molecule has 0 unspecified atom stereocenters. The second-order valence-electron chi connectivity index (χ2n) is 11.6. The van der Waals surface area contributed by atoms with Crippen molar-refractivity contribution in [1.82, 2.24) is 14.7 Å². The molecule has 0 saturated heterocycles. The van der Waals surface area contributed by atoms with Crippen LogP contribution in [-0.4, -0.2) is 105 Å². The van der Waals surface area contributed by atoms with Crippen LogP contribution in [0.1, 0.15) is 116 Å². The zero-order valence-corrected chi connectivity index (χ0v) is 27.5. The van der Waals surface area contributed by atoms with E-state index in [0.717, 1.165) is 77.3 Å². The Morgan fingerprint density at radius 1 is 0.643 bits per heavy atom. The molecule has 0 radical (unpaired) electrons. The number of amides is 1. The fourth-order valence-corrected chi connectivity index (χ4v) is 4.46. The monoisotopic (exact) mass is 597 g/mol. The predicted molar refractivity (Wildman–Crippen MR) is 171 cm³/mol. The molecule has 0 aromatic rings. The SMILES string of the molecule is CCCCCC/C=C\COC(=O)CCCCCCCN(CCCCCCCC(=O)O)C(=O)OCCN(C)CCN(C)C. The number of hydrogen-bond donors (Lipinski definition) is 1. The highest BCUT2D eigenvalue weighted by Crippen LogP contribution is 2.11. The first-order chi connectivity index (χ1) is 20.3. The maximum absolute atomic E-state index is 12.8. The number of carbonyl (C=O) groups is 3. The lowest BCUT2D eigenvalue weighted by Gasteiger charge is -2.24. The molecule has 0 heterocycles. The summed E-state index contributed by atoms with van der Waals surface area (Å²) in [5.74, 6) is -0.873. The van der Waals surface area contributed by atoms with E-state index >= 15 is 0 Å². The molecule has 0 aliphatic rings. The zero-order chi connectivity index (χ0) is 31.3. The van der Waals surface area contributed by atoms with Crippen molar-refractivity contribution in [3.8, 4) is 0 Å². The topological polar surface area (TPSA) is 99.6 Å². The van der Waals surface area contributed by atoms with Gasteiger partial charge in [-0.1, -0.05) is 76.9 Å². The molecule has 1 N–H and O–H groups in total. The molecule has 0 aromatic heterocycles. The van der Waals surface area contributed by atoms with Crippen LogP contribution in [0.3, 0.4) is 0 Å². The predicted octanol–water partition coefficient (Wildman–Crippen LogP) is 6.75. The van der Waals surface area contributed by atoms with Crippen molar-refractivity contribution in [2.24, 2.45) is 0 Å². The minimum absolute atomic E-state index is 0.130. The van der Waals surface area contributed by atoms with Crippen molar-refractivity contribution in [3.05, 3.63) is 12.2 Å². The molecule has 9 nitrogen and oxygen atoms in total. The molecular formula is C33H63N3O6. The molecule has 0 saturated carbocycles. The Labute approximate surface area is 257 Å². The summed E-state index contributed by atoms with van der Waals surface area (Å²) in [5.41, 5.74) is 0. The number of likely N-dealkylation sites (N-methyl/N-ethyl adjacent to an activating group) is 2. The number of carboxylic acid groups (broad SMARTS) is 1. The van der Waals surface area contributed by atoms with E-state index in [-0.39, 0.29) is 18.5 Å². The van der Waals surface area contributed by atoms with E-state index in [9.17, 15) is 14.4 Å². The fourth-order valence-electron chi connectivity index (χ4n) is 4.46. The Morgan fingerprint density at radius 3 is 1.86 bits per heavy atom. The lowest BCUT2D eigenvalue weighted by Crippen LogP contribution is -2.36. The first-order valence-electron chi connectivity index (χ1n) is 16.5. The first kappa shape index (κ1) is 39.9. The number of hydrogen-bond acceptors (Lipinski definition) is 7. The Bertz CT molecular complexity index is 701. The van der Waals surface area contributed by atoms with Crippen molar-refractivity contribution in [1.29, 1.82) is 0 Å². The third-order valence-corrected chi connectivity index (χ3v) is 7.24. The number of carboxylic acids is 1. The van der Waals surface area contributed by atoms with Crippen LogP contribution in [0, 0.1) is 0 Å². The molecule has 0 atom stereocenters. The Hall–Kier alpha value is -2.13. The quantitative estimate of drug-likeness (QED) is 0.0574. The lowest BCUT2D eigenvalue weighted by molar-refractivity contribution is -0.142. The zero-order valence-electron chi connectivity index (χ0n) is 27.5. The van der Waals surface area contributed by atoms with Crippen LogP contribution < -0.4 is 0 Å². The van der Waals surface area contributed by atoms with Gasteiger partial charge in [-0.25, -0.2) is 4.79 Å². The van der Waals surface area contributed by atoms with Crippen LogP contribution in [0.25, 0.3) is 0 Å². The molecule has 0 aromatic carbocycles. The van der Waals surface area contributed by atoms with Crippen LogP contribution >= 0.6 is 0 Å². The van der Waals surface area contributed by atoms with Gasteiger partial charge in [-0.2, -0.15) is 0 Å². The molecule has 0 rings (SSSR count). The largest absolute Gasteiger partial charge is 0.481 e. The second kappa shape index (κ2) is 29.0. The van der Waals surface area contributed by atoms with Gasteiger partial charge in [-0.15, -0.1) is 0 Å². The van der Waals surface area contributed by atoms with Gasteiger partial charge in [0.1, 0.15) is 13.2 Å². The summed E-state index contributed by atoms with van der Waals surface area (Å²) >= 11 is 0. The van der Waals surface area contributed by atoms with E-state index in [4.69, 9.17) is 14.6 Å². The third kappa shape index (κ3) is 28.0. The van der Waals surface area contributed by atoms with E-state index < -0.39 is 5.97 Å². The van der Waals surface area contributed by atoms with Crippen LogP contribution in [0.2, 0.25) is 0 Å². The molecule has 0 bridgehead atoms. The normalized spacial score (nSPS) is 11.5. The number of rotatable bonds is 29. The van der Waals surface area contributed by atoms with Crippen molar-refractivity contribution in [2.75, 3.05) is 67.1 Å². The van der Waals surface area contributed by atoms with Crippen LogP contribution in [0.4, 0.5) is 4.79 Å². The van der Waals surface area contributed by atoms with Crippen molar-refractivity contribution in [2.45, 2.75) is 116 Å². The smallest absolute Gasteiger partial charge is 0.409 e. The third-order valence-electron chi connectivity index (χ3n) is 7.24. The molecule has 0 spiro atoms. The second-order valence-corrected chi connectivity index (χ2v) is 11.6. The summed E-state index contributed by atoms with van der Waals surface area (Å²) in [6.07, 6.45) is 19.7. The molecule has 0 aliphatic heterocycles. The summed E-state index contributed by atoms with van der Waals surface area (Å²) in [4.78, 5) is 41.5. The van der Waals surface area contributed by atoms with Gasteiger partial charge in [0.2, 0.25) is 0 Å². The van der Waals surface area contributed by atoms with Crippen molar-refractivity contribution in [3.63, 3.8) is 0 Å². The van der Waals surface area contributed by atoms with Crippen molar-refractivity contribution < 1.29 is 29.0 Å². The lowest BCUT2D eigenvalue weighted by atomic mass is 10.1. The van der Waals surface area contributed by atoms with Gasteiger partial charge in [0, 0.05) is 45.6 Å². The standard InChI is InChI=1S/C33H63N3O6/c1-5-6-7-8-9-16-21-29-41-32(39)23-18-13-11-15-20-25-36(24-19-14-10-12-17-22-31(37)38)33(40)42-30-28-35(4)27-26-34(2)3/h16,21H,5-15,17-20,22-30H2,1-4H3,(H,37,38)/b21-16-. The van der Waals surface area contributed by atoms with Crippen LogP contribution in [0.5, 0.6) is 0 Å². The average Bonchev–Trinajstić information content (AvgIpc) is 2.95. The highest BCUT2D eigenvalue weighted by molar-refractivity contribution is 5.69. The highest BCUT2D eigenvalue weighted by Gasteiger charge is 2.15. The van der Waals surface area contributed by atoms with Gasteiger partial charge in [-0.3, -0.25) is 9.59 Å². The molecular weight excluding hydrogens is 534 g/mol. The number of ether oxygens (including phenoxy) is 2. The summed E-state index contributed by atoms with van der Waals surface area (Å²) in [7, 11) is 6.12. The molecule has 42 heavy (non-hydrogen) atoms. The maximum Gasteiger partial charge on any atom is 0.409 e. The minimum atomic E-state index is -0.743. The van der Waals surface area contributed by atoms with Gasteiger partial charge in [-0.05, 0) is 59.7 Å². The molecule has 0 aliphatic carbocycles. The number of esters is 1. The van der Waals surface area contributed by atoms with Gasteiger partial charge in [0.05, 0.1) is 0 Å². The summed E-state index contributed by atoms with van der Waals surface area (Å²) in [5, 5.41) is 8.77. The van der Waals surface area contributed by atoms with Gasteiger partial charge < -0.3 is 29.3 Å². The Kier molecular flexibility index (Phi) is 27.5. The fraction of sp³-hybridized carbons (Fsp3) is 0.848. The molecule has 1 amide bonds. The van der Waals surface area contributed by atoms with E-state index in [2.05, 4.69) is 22.8 Å². The van der Waals surface area contributed by atoms with Gasteiger partial charge >= 0.3 is 18.0 Å².